The van der Waals surface area contributed by atoms with Gasteiger partial charge in [-0.05, 0) is 44.8 Å². The number of hydrogen-bond donors (Lipinski definition) is 1. The third-order valence-corrected chi connectivity index (χ3v) is 7.86. The van der Waals surface area contributed by atoms with E-state index in [0.29, 0.717) is 38.6 Å². The number of hydrogen-bond acceptors (Lipinski definition) is 7. The van der Waals surface area contributed by atoms with Gasteiger partial charge in [-0.2, -0.15) is 11.8 Å². The molecule has 0 radical (unpaired) electrons. The molecule has 1 aliphatic heterocycles. The second-order valence-electron chi connectivity index (χ2n) is 9.48. The first-order valence-electron chi connectivity index (χ1n) is 13.3. The maximum absolute atomic E-state index is 12.2. The van der Waals surface area contributed by atoms with Gasteiger partial charge in [0.15, 0.2) is 0 Å². The van der Waals surface area contributed by atoms with Crippen LogP contribution >= 0.6 is 11.8 Å². The Balaban J connectivity index is 2.16. The summed E-state index contributed by atoms with van der Waals surface area (Å²) in [6.07, 6.45) is 11.3. The predicted molar refractivity (Wildman–Crippen MR) is 141 cm³/mol. The highest BCUT2D eigenvalue weighted by molar-refractivity contribution is 7.99. The summed E-state index contributed by atoms with van der Waals surface area (Å²) in [7, 11) is 0. The van der Waals surface area contributed by atoms with Gasteiger partial charge in [0, 0.05) is 25.1 Å². The first kappa shape index (κ1) is 31.5. The smallest absolute Gasteiger partial charge is 0.311 e. The molecule has 0 bridgehead atoms. The molecular weight excluding hydrogens is 466 g/mol. The van der Waals surface area contributed by atoms with Crippen molar-refractivity contribution in [1.29, 1.82) is 0 Å². The monoisotopic (exact) mass is 513 g/mol. The molecule has 202 valence electrons. The Labute approximate surface area is 216 Å². The van der Waals surface area contributed by atoms with Crippen molar-refractivity contribution in [2.45, 2.75) is 104 Å². The summed E-state index contributed by atoms with van der Waals surface area (Å²) in [6.45, 7) is 8.80. The molecule has 8 heteroatoms. The Hall–Kier alpha value is -1.54. The summed E-state index contributed by atoms with van der Waals surface area (Å²) in [5.41, 5.74) is -0.479. The van der Waals surface area contributed by atoms with Gasteiger partial charge in [-0.15, -0.1) is 0 Å². The van der Waals surface area contributed by atoms with Gasteiger partial charge in [0.05, 0.1) is 17.6 Å². The number of unbranched alkanes of at least 4 members (excludes halogenated alkanes) is 2. The lowest BCUT2D eigenvalue weighted by atomic mass is 9.85. The van der Waals surface area contributed by atoms with E-state index in [1.54, 1.807) is 11.8 Å². The fraction of sp³-hybridized carbons (Fsp3) is 0.815. The molecule has 0 saturated carbocycles. The number of aliphatic hydroxyl groups excluding tert-OH is 1. The number of nitrogens with zero attached hydrogens (tertiary/aromatic N) is 1. The fourth-order valence-corrected chi connectivity index (χ4v) is 4.74. The molecule has 35 heavy (non-hydrogen) atoms. The number of likely N-dealkylation sites (tertiary alicyclic amines) is 1. The highest BCUT2D eigenvalue weighted by atomic mass is 32.2. The van der Waals surface area contributed by atoms with Crippen LogP contribution in [0.1, 0.15) is 91.9 Å². The highest BCUT2D eigenvalue weighted by Crippen LogP contribution is 2.26. The van der Waals surface area contributed by atoms with Gasteiger partial charge in [0.25, 0.3) is 0 Å². The van der Waals surface area contributed by atoms with Crippen LogP contribution in [0.3, 0.4) is 0 Å². The summed E-state index contributed by atoms with van der Waals surface area (Å²) in [5.74, 6) is 1.27. The SMILES string of the molecule is CCCCC[C@@H](O)/C=C/[C@H]1CCC(=O)N1CCSCCCC(=O)OCCOC(=O)C(C)(CC)CC. The molecule has 0 aliphatic carbocycles. The average molecular weight is 514 g/mol. The zero-order valence-electron chi connectivity index (χ0n) is 22.3. The summed E-state index contributed by atoms with van der Waals surface area (Å²) >= 11 is 1.72. The minimum atomic E-state index is -0.479. The van der Waals surface area contributed by atoms with E-state index >= 15 is 0 Å². The second kappa shape index (κ2) is 17.8. The molecule has 7 nitrogen and oxygen atoms in total. The topological polar surface area (TPSA) is 93.1 Å². The molecule has 0 aromatic heterocycles. The van der Waals surface area contributed by atoms with Gasteiger partial charge in [-0.1, -0.05) is 52.2 Å². The van der Waals surface area contributed by atoms with E-state index in [-0.39, 0.29) is 37.1 Å². The third-order valence-electron chi connectivity index (χ3n) is 6.81. The standard InChI is InChI=1S/C27H47NO6S/c1-5-8-9-11-23(29)15-13-22-14-16-24(30)28(22)17-21-35-20-10-12-25(31)33-18-19-34-26(32)27(4,6-2)7-3/h13,15,22-23,29H,5-12,14,16-21H2,1-4H3/b15-13+/t22-,23+/m0/s1. The van der Waals surface area contributed by atoms with Crippen molar-refractivity contribution in [3.63, 3.8) is 0 Å². The molecule has 1 fully saturated rings. The molecule has 1 aliphatic rings. The molecule has 1 rings (SSSR count). The van der Waals surface area contributed by atoms with E-state index in [0.717, 1.165) is 43.6 Å². The second-order valence-corrected chi connectivity index (χ2v) is 10.7. The Morgan fingerprint density at radius 3 is 2.54 bits per heavy atom. The zero-order valence-corrected chi connectivity index (χ0v) is 23.1. The van der Waals surface area contributed by atoms with Crippen molar-refractivity contribution in [2.75, 3.05) is 31.3 Å². The first-order valence-corrected chi connectivity index (χ1v) is 14.5. The van der Waals surface area contributed by atoms with Crippen LogP contribution in [-0.4, -0.2) is 71.3 Å². The van der Waals surface area contributed by atoms with Gasteiger partial charge >= 0.3 is 11.9 Å². The Morgan fingerprint density at radius 2 is 1.86 bits per heavy atom. The first-order chi connectivity index (χ1) is 16.8. The van der Waals surface area contributed by atoms with Crippen LogP contribution in [0.4, 0.5) is 0 Å². The summed E-state index contributed by atoms with van der Waals surface area (Å²) in [5, 5.41) is 10.1. The van der Waals surface area contributed by atoms with E-state index in [2.05, 4.69) is 6.92 Å². The predicted octanol–water partition coefficient (Wildman–Crippen LogP) is 4.90. The number of carbonyl (C=O) groups is 3. The lowest BCUT2D eigenvalue weighted by Crippen LogP contribution is -2.34. The molecule has 0 spiro atoms. The fourth-order valence-electron chi connectivity index (χ4n) is 3.86. The van der Waals surface area contributed by atoms with Crippen molar-refractivity contribution >= 4 is 29.6 Å². The molecule has 0 aromatic rings. The van der Waals surface area contributed by atoms with Gasteiger partial charge in [-0.3, -0.25) is 14.4 Å². The molecule has 1 heterocycles. The number of thioether (sulfide) groups is 1. The zero-order chi connectivity index (χ0) is 26.1. The lowest BCUT2D eigenvalue weighted by molar-refractivity contribution is -0.160. The van der Waals surface area contributed by atoms with E-state index in [1.807, 2.05) is 37.8 Å². The Morgan fingerprint density at radius 1 is 1.14 bits per heavy atom. The molecule has 1 N–H and O–H groups in total. The van der Waals surface area contributed by atoms with Crippen molar-refractivity contribution in [2.24, 2.45) is 5.41 Å². The quantitative estimate of drug-likeness (QED) is 0.149. The molecule has 2 atom stereocenters. The van der Waals surface area contributed by atoms with Crippen molar-refractivity contribution in [3.05, 3.63) is 12.2 Å². The van der Waals surface area contributed by atoms with Crippen LogP contribution in [0.25, 0.3) is 0 Å². The molecule has 1 amide bonds. The number of ether oxygens (including phenoxy) is 2. The van der Waals surface area contributed by atoms with Gasteiger partial charge in [0.2, 0.25) is 5.91 Å². The van der Waals surface area contributed by atoms with E-state index < -0.39 is 11.5 Å². The molecule has 1 saturated heterocycles. The molecular formula is C27H47NO6S. The molecule has 0 unspecified atom stereocenters. The molecule has 0 aromatic carbocycles. The van der Waals surface area contributed by atoms with Gasteiger partial charge in [-0.25, -0.2) is 0 Å². The summed E-state index contributed by atoms with van der Waals surface area (Å²) < 4.78 is 10.4. The van der Waals surface area contributed by atoms with Crippen LogP contribution in [0, 0.1) is 5.41 Å². The summed E-state index contributed by atoms with van der Waals surface area (Å²) in [6, 6.07) is 0.0699. The third kappa shape index (κ3) is 12.3. The maximum Gasteiger partial charge on any atom is 0.311 e. The van der Waals surface area contributed by atoms with E-state index in [1.165, 1.54) is 0 Å². The maximum atomic E-state index is 12.2. The number of esters is 2. The van der Waals surface area contributed by atoms with Crippen LogP contribution in [-0.2, 0) is 23.9 Å². The van der Waals surface area contributed by atoms with Crippen LogP contribution in [0.15, 0.2) is 12.2 Å². The van der Waals surface area contributed by atoms with Crippen molar-refractivity contribution in [3.8, 4) is 0 Å². The number of aliphatic hydroxyl groups is 1. The van der Waals surface area contributed by atoms with Crippen molar-refractivity contribution in [1.82, 2.24) is 4.90 Å². The number of carbonyl (C=O) groups excluding carboxylic acids is 3. The normalized spacial score (nSPS) is 17.2. The average Bonchev–Trinajstić information content (AvgIpc) is 3.21. The largest absolute Gasteiger partial charge is 0.462 e. The van der Waals surface area contributed by atoms with E-state index in [9.17, 15) is 19.5 Å². The number of rotatable bonds is 19. The van der Waals surface area contributed by atoms with Crippen LogP contribution < -0.4 is 0 Å². The van der Waals surface area contributed by atoms with Gasteiger partial charge < -0.3 is 19.5 Å². The minimum Gasteiger partial charge on any atom is -0.462 e. The van der Waals surface area contributed by atoms with E-state index in [4.69, 9.17) is 9.47 Å². The lowest BCUT2D eigenvalue weighted by Gasteiger charge is -2.23. The van der Waals surface area contributed by atoms with Gasteiger partial charge in [0.1, 0.15) is 13.2 Å². The Kier molecular flexibility index (Phi) is 16.0. The van der Waals surface area contributed by atoms with Crippen LogP contribution in [0.5, 0.6) is 0 Å². The summed E-state index contributed by atoms with van der Waals surface area (Å²) in [4.78, 5) is 38.1. The minimum absolute atomic E-state index is 0.0699. The van der Waals surface area contributed by atoms with Crippen molar-refractivity contribution < 1.29 is 29.0 Å². The number of amides is 1. The Bertz CT molecular complexity index is 664. The van der Waals surface area contributed by atoms with Crippen LogP contribution in [0.2, 0.25) is 0 Å². The highest BCUT2D eigenvalue weighted by Gasteiger charge is 2.31.